The van der Waals surface area contributed by atoms with Gasteiger partial charge < -0.3 is 5.32 Å². The van der Waals surface area contributed by atoms with Crippen molar-refractivity contribution in [2.45, 2.75) is 32.7 Å². The summed E-state index contributed by atoms with van der Waals surface area (Å²) in [4.78, 5) is 0. The van der Waals surface area contributed by atoms with Gasteiger partial charge in [0, 0.05) is 5.54 Å². The Balaban J connectivity index is 2.73. The molecule has 0 spiro atoms. The van der Waals surface area contributed by atoms with Crippen molar-refractivity contribution in [2.75, 3.05) is 6.54 Å². The first-order chi connectivity index (χ1) is 4.13. The Morgan fingerprint density at radius 1 is 1.56 bits per heavy atom. The third kappa shape index (κ3) is 1.33. The van der Waals surface area contributed by atoms with E-state index in [1.807, 2.05) is 0 Å². The van der Waals surface area contributed by atoms with E-state index < -0.39 is 0 Å². The molecule has 0 aliphatic carbocycles. The van der Waals surface area contributed by atoms with Gasteiger partial charge in [0.25, 0.3) is 0 Å². The summed E-state index contributed by atoms with van der Waals surface area (Å²) in [6.07, 6.45) is 3.51. The number of hydrogen-bond donors (Lipinski definition) is 1. The Hall–Kier alpha value is -0.300. The molecule has 0 saturated heterocycles. The highest BCUT2D eigenvalue weighted by Gasteiger charge is 2.20. The molecule has 9 heavy (non-hydrogen) atoms. The van der Waals surface area contributed by atoms with E-state index in [0.29, 0.717) is 0 Å². The molecule has 0 radical (unpaired) electrons. The van der Waals surface area contributed by atoms with E-state index in [4.69, 9.17) is 0 Å². The second-order valence-electron chi connectivity index (χ2n) is 3.23. The highest BCUT2D eigenvalue weighted by atomic mass is 15.0. The zero-order valence-corrected chi connectivity index (χ0v) is 6.49. The maximum Gasteiger partial charge on any atom is 0.0334 e. The number of hydrogen-bond acceptors (Lipinski definition) is 1. The first kappa shape index (κ1) is 6.81. The molecule has 0 unspecified atom stereocenters. The minimum absolute atomic E-state index is 0.248. The standard InChI is InChI=1S/C8H15N/c1-7-5-4-6-9-8(7,2)3/h5,9H,4,6H2,1-3H3. The summed E-state index contributed by atoms with van der Waals surface area (Å²) >= 11 is 0. The smallest absolute Gasteiger partial charge is 0.0334 e. The normalized spacial score (nSPS) is 25.4. The van der Waals surface area contributed by atoms with Crippen LogP contribution in [0.3, 0.4) is 0 Å². The molecule has 0 aromatic heterocycles. The van der Waals surface area contributed by atoms with E-state index >= 15 is 0 Å². The van der Waals surface area contributed by atoms with Gasteiger partial charge in [0.1, 0.15) is 0 Å². The summed E-state index contributed by atoms with van der Waals surface area (Å²) in [5.74, 6) is 0. The van der Waals surface area contributed by atoms with Crippen LogP contribution in [0.15, 0.2) is 11.6 Å². The minimum Gasteiger partial charge on any atom is -0.308 e. The van der Waals surface area contributed by atoms with Crippen LogP contribution >= 0.6 is 0 Å². The summed E-state index contributed by atoms with van der Waals surface area (Å²) in [5, 5.41) is 3.44. The van der Waals surface area contributed by atoms with E-state index in [1.165, 1.54) is 12.0 Å². The fraction of sp³-hybridized carbons (Fsp3) is 0.750. The molecule has 1 aliphatic rings. The van der Waals surface area contributed by atoms with Crippen molar-refractivity contribution in [1.82, 2.24) is 5.32 Å². The molecule has 1 rings (SSSR count). The van der Waals surface area contributed by atoms with Gasteiger partial charge in [-0.15, -0.1) is 0 Å². The van der Waals surface area contributed by atoms with E-state index in [1.54, 1.807) is 0 Å². The monoisotopic (exact) mass is 125 g/mol. The Kier molecular flexibility index (Phi) is 1.62. The molecule has 0 bridgehead atoms. The molecular formula is C8H15N. The fourth-order valence-electron chi connectivity index (χ4n) is 1.07. The fourth-order valence-corrected chi connectivity index (χ4v) is 1.07. The predicted molar refractivity (Wildman–Crippen MR) is 40.5 cm³/mol. The summed E-state index contributed by atoms with van der Waals surface area (Å²) in [6.45, 7) is 7.76. The van der Waals surface area contributed by atoms with E-state index in [0.717, 1.165) is 6.54 Å². The van der Waals surface area contributed by atoms with Crippen LogP contribution in [-0.2, 0) is 0 Å². The van der Waals surface area contributed by atoms with Crippen molar-refractivity contribution in [3.63, 3.8) is 0 Å². The molecule has 1 heteroatoms. The molecule has 52 valence electrons. The third-order valence-corrected chi connectivity index (χ3v) is 2.15. The van der Waals surface area contributed by atoms with Crippen molar-refractivity contribution in [3.8, 4) is 0 Å². The van der Waals surface area contributed by atoms with Crippen molar-refractivity contribution < 1.29 is 0 Å². The molecule has 0 aromatic carbocycles. The molecule has 1 heterocycles. The predicted octanol–water partition coefficient (Wildman–Crippen LogP) is 1.70. The molecule has 0 atom stereocenters. The van der Waals surface area contributed by atoms with Crippen molar-refractivity contribution in [3.05, 3.63) is 11.6 Å². The lowest BCUT2D eigenvalue weighted by atomic mass is 9.92. The Bertz CT molecular complexity index is 134. The lowest BCUT2D eigenvalue weighted by Crippen LogP contribution is -2.43. The van der Waals surface area contributed by atoms with Gasteiger partial charge in [-0.25, -0.2) is 0 Å². The SMILES string of the molecule is CC1=CCCNC1(C)C. The van der Waals surface area contributed by atoms with Gasteiger partial charge in [-0.1, -0.05) is 11.6 Å². The first-order valence-electron chi connectivity index (χ1n) is 3.55. The topological polar surface area (TPSA) is 12.0 Å². The van der Waals surface area contributed by atoms with Gasteiger partial charge in [0.05, 0.1) is 0 Å². The van der Waals surface area contributed by atoms with Crippen LogP contribution in [0.5, 0.6) is 0 Å². The molecule has 1 nitrogen and oxygen atoms in total. The van der Waals surface area contributed by atoms with E-state index in [-0.39, 0.29) is 5.54 Å². The molecule has 0 fully saturated rings. The Morgan fingerprint density at radius 3 is 2.56 bits per heavy atom. The average Bonchev–Trinajstić information content (AvgIpc) is 1.77. The molecule has 0 aromatic rings. The minimum atomic E-state index is 0.248. The highest BCUT2D eigenvalue weighted by molar-refractivity contribution is 5.17. The zero-order chi connectivity index (χ0) is 6.91. The lowest BCUT2D eigenvalue weighted by Gasteiger charge is -2.31. The van der Waals surface area contributed by atoms with Crippen LogP contribution in [0.25, 0.3) is 0 Å². The maximum atomic E-state index is 3.44. The first-order valence-corrected chi connectivity index (χ1v) is 3.55. The lowest BCUT2D eigenvalue weighted by molar-refractivity contribution is 0.435. The van der Waals surface area contributed by atoms with Crippen LogP contribution in [0, 0.1) is 0 Å². The summed E-state index contributed by atoms with van der Waals surface area (Å²) in [7, 11) is 0. The van der Waals surface area contributed by atoms with Gasteiger partial charge in [0.2, 0.25) is 0 Å². The summed E-state index contributed by atoms with van der Waals surface area (Å²) in [5.41, 5.74) is 1.71. The van der Waals surface area contributed by atoms with Crippen LogP contribution in [0.4, 0.5) is 0 Å². The third-order valence-electron chi connectivity index (χ3n) is 2.15. The Morgan fingerprint density at radius 2 is 2.22 bits per heavy atom. The van der Waals surface area contributed by atoms with Crippen LogP contribution in [0.1, 0.15) is 27.2 Å². The zero-order valence-electron chi connectivity index (χ0n) is 6.49. The highest BCUT2D eigenvalue weighted by Crippen LogP contribution is 2.18. The van der Waals surface area contributed by atoms with E-state index in [2.05, 4.69) is 32.2 Å². The molecule has 0 saturated carbocycles. The molecular weight excluding hydrogens is 110 g/mol. The quantitative estimate of drug-likeness (QED) is 0.486. The van der Waals surface area contributed by atoms with Crippen LogP contribution < -0.4 is 5.32 Å². The van der Waals surface area contributed by atoms with Gasteiger partial charge in [-0.3, -0.25) is 0 Å². The average molecular weight is 125 g/mol. The largest absolute Gasteiger partial charge is 0.308 e. The van der Waals surface area contributed by atoms with Gasteiger partial charge in [-0.2, -0.15) is 0 Å². The van der Waals surface area contributed by atoms with Gasteiger partial charge >= 0.3 is 0 Å². The number of nitrogens with one attached hydrogen (secondary N) is 1. The number of rotatable bonds is 0. The second-order valence-corrected chi connectivity index (χ2v) is 3.23. The second kappa shape index (κ2) is 2.14. The molecule has 0 amide bonds. The maximum absolute atomic E-state index is 3.44. The van der Waals surface area contributed by atoms with Gasteiger partial charge in [0.15, 0.2) is 0 Å². The van der Waals surface area contributed by atoms with Crippen molar-refractivity contribution in [1.29, 1.82) is 0 Å². The van der Waals surface area contributed by atoms with Crippen LogP contribution in [0.2, 0.25) is 0 Å². The summed E-state index contributed by atoms with van der Waals surface area (Å²) in [6, 6.07) is 0. The van der Waals surface area contributed by atoms with Crippen molar-refractivity contribution >= 4 is 0 Å². The molecule has 1 aliphatic heterocycles. The molecule has 1 N–H and O–H groups in total. The van der Waals surface area contributed by atoms with Crippen LogP contribution in [-0.4, -0.2) is 12.1 Å². The van der Waals surface area contributed by atoms with Crippen molar-refractivity contribution in [2.24, 2.45) is 0 Å². The van der Waals surface area contributed by atoms with E-state index in [9.17, 15) is 0 Å². The summed E-state index contributed by atoms with van der Waals surface area (Å²) < 4.78 is 0. The Labute approximate surface area is 57.1 Å². The van der Waals surface area contributed by atoms with Gasteiger partial charge in [-0.05, 0) is 33.7 Å².